The van der Waals surface area contributed by atoms with Gasteiger partial charge in [-0.3, -0.25) is 0 Å². The van der Waals surface area contributed by atoms with Gasteiger partial charge in [0.25, 0.3) is 10.0 Å². The van der Waals surface area contributed by atoms with Crippen LogP contribution in [0.5, 0.6) is 0 Å². The van der Waals surface area contributed by atoms with Crippen molar-refractivity contribution >= 4 is 16.0 Å². The summed E-state index contributed by atoms with van der Waals surface area (Å²) in [6, 6.07) is 5.40. The van der Waals surface area contributed by atoms with E-state index >= 15 is 0 Å². The number of aryl methyl sites for hydroxylation is 1. The topological polar surface area (TPSA) is 107 Å². The summed E-state index contributed by atoms with van der Waals surface area (Å²) in [6.07, 6.45) is 5.75. The largest absolute Gasteiger partial charge is 0.368 e. The van der Waals surface area contributed by atoms with E-state index in [2.05, 4.69) is 15.0 Å². The fourth-order valence-electron chi connectivity index (χ4n) is 3.46. The Kier molecular flexibility index (Phi) is 4.60. The van der Waals surface area contributed by atoms with E-state index in [1.165, 1.54) is 29.0 Å². The summed E-state index contributed by atoms with van der Waals surface area (Å²) < 4.78 is 42.6. The second kappa shape index (κ2) is 6.95. The van der Waals surface area contributed by atoms with Gasteiger partial charge in [0, 0.05) is 31.5 Å². The highest BCUT2D eigenvalue weighted by molar-refractivity contribution is 7.89. The Balaban J connectivity index is 1.80. The Morgan fingerprint density at radius 3 is 2.64 bits per heavy atom. The van der Waals surface area contributed by atoms with Crippen molar-refractivity contribution < 1.29 is 12.8 Å². The van der Waals surface area contributed by atoms with Crippen LogP contribution in [-0.4, -0.2) is 38.8 Å². The van der Waals surface area contributed by atoms with E-state index in [0.717, 1.165) is 0 Å². The number of sulfonamides is 1. The lowest BCUT2D eigenvalue weighted by Crippen LogP contribution is -2.31. The number of aromatic nitrogens is 4. The highest BCUT2D eigenvalue weighted by Gasteiger charge is 2.39. The fraction of sp³-hybridized carbons (Fsp3) is 0.278. The van der Waals surface area contributed by atoms with Crippen molar-refractivity contribution in [1.29, 1.82) is 0 Å². The molecule has 0 unspecified atom stereocenters. The van der Waals surface area contributed by atoms with Crippen molar-refractivity contribution in [3.8, 4) is 11.1 Å². The van der Waals surface area contributed by atoms with Crippen molar-refractivity contribution in [3.05, 3.63) is 54.5 Å². The van der Waals surface area contributed by atoms with Crippen LogP contribution in [0.4, 0.5) is 10.3 Å². The molecule has 3 aromatic rings. The molecule has 1 fully saturated rings. The van der Waals surface area contributed by atoms with Crippen LogP contribution in [-0.2, 0) is 17.1 Å². The molecule has 0 amide bonds. The van der Waals surface area contributed by atoms with Crippen LogP contribution in [0.25, 0.3) is 11.1 Å². The first-order valence-electron chi connectivity index (χ1n) is 8.74. The summed E-state index contributed by atoms with van der Waals surface area (Å²) in [7, 11) is -2.08. The van der Waals surface area contributed by atoms with Crippen LogP contribution in [0.3, 0.4) is 0 Å². The maximum absolute atomic E-state index is 13.3. The molecule has 0 aliphatic carbocycles. The van der Waals surface area contributed by atoms with E-state index in [4.69, 9.17) is 5.73 Å². The number of hydrogen-bond donors (Lipinski definition) is 1. The molecule has 10 heteroatoms. The molecule has 1 saturated heterocycles. The number of nitrogens with zero attached hydrogens (tertiary/aromatic N) is 5. The second-order valence-electron chi connectivity index (χ2n) is 6.69. The molecule has 0 spiro atoms. The van der Waals surface area contributed by atoms with Gasteiger partial charge in [-0.25, -0.2) is 27.8 Å². The van der Waals surface area contributed by atoms with Crippen molar-refractivity contribution in [2.75, 3.05) is 12.3 Å². The lowest BCUT2D eigenvalue weighted by molar-refractivity contribution is 0.389. The second-order valence-corrected chi connectivity index (χ2v) is 8.52. The van der Waals surface area contributed by atoms with Crippen LogP contribution in [0.1, 0.15) is 24.6 Å². The lowest BCUT2D eigenvalue weighted by Gasteiger charge is -2.24. The van der Waals surface area contributed by atoms with Gasteiger partial charge in [0.1, 0.15) is 5.82 Å². The molecule has 1 aliphatic rings. The van der Waals surface area contributed by atoms with Gasteiger partial charge in [-0.2, -0.15) is 4.31 Å². The number of nitrogen functional groups attached to an aromatic ring is 1. The van der Waals surface area contributed by atoms with E-state index in [9.17, 15) is 12.8 Å². The predicted molar refractivity (Wildman–Crippen MR) is 101 cm³/mol. The summed E-state index contributed by atoms with van der Waals surface area (Å²) in [5, 5.41) is -0.00717. The van der Waals surface area contributed by atoms with E-state index in [-0.39, 0.29) is 16.8 Å². The molecule has 1 atom stereocenters. The number of anilines is 1. The first-order chi connectivity index (χ1) is 13.4. The van der Waals surface area contributed by atoms with Crippen LogP contribution < -0.4 is 5.73 Å². The lowest BCUT2D eigenvalue weighted by atomic mass is 10.0. The van der Waals surface area contributed by atoms with E-state index in [1.54, 1.807) is 29.9 Å². The van der Waals surface area contributed by atoms with Gasteiger partial charge >= 0.3 is 0 Å². The van der Waals surface area contributed by atoms with Gasteiger partial charge in [0.15, 0.2) is 5.03 Å². The molecular formula is C18H19FN6O2S. The van der Waals surface area contributed by atoms with Crippen LogP contribution in [0, 0.1) is 5.82 Å². The van der Waals surface area contributed by atoms with Crippen LogP contribution in [0.15, 0.2) is 48.0 Å². The fourth-order valence-corrected chi connectivity index (χ4v) is 5.09. The van der Waals surface area contributed by atoms with Crippen molar-refractivity contribution in [2.45, 2.75) is 23.9 Å². The standard InChI is InChI=1S/C18H19FN6O2S/c1-24-10-16(22-11-24)28(26,27)25-8-2-3-15(25)17-14(9-21-18(20)23-17)12-4-6-13(19)7-5-12/h4-7,9-11,15H,2-3,8H2,1H3,(H2,20,21,23)/t15-/m1/s1. The van der Waals surface area contributed by atoms with E-state index in [1.807, 2.05) is 0 Å². The van der Waals surface area contributed by atoms with Crippen LogP contribution in [0.2, 0.25) is 0 Å². The molecule has 146 valence electrons. The molecule has 2 aromatic heterocycles. The Morgan fingerprint density at radius 2 is 1.96 bits per heavy atom. The van der Waals surface area contributed by atoms with Crippen molar-refractivity contribution in [2.24, 2.45) is 7.05 Å². The first kappa shape index (κ1) is 18.5. The Morgan fingerprint density at radius 1 is 1.21 bits per heavy atom. The van der Waals surface area contributed by atoms with Gasteiger partial charge in [0.05, 0.1) is 18.1 Å². The minimum Gasteiger partial charge on any atom is -0.368 e. The average Bonchev–Trinajstić information content (AvgIpc) is 3.32. The first-order valence-corrected chi connectivity index (χ1v) is 10.2. The number of nitrogens with two attached hydrogens (primary N) is 1. The molecule has 1 aliphatic heterocycles. The van der Waals surface area contributed by atoms with Gasteiger partial charge in [-0.05, 0) is 30.5 Å². The number of benzene rings is 1. The molecule has 0 radical (unpaired) electrons. The Hall–Kier alpha value is -2.85. The third-order valence-electron chi connectivity index (χ3n) is 4.77. The quantitative estimate of drug-likeness (QED) is 0.716. The van der Waals surface area contributed by atoms with E-state index in [0.29, 0.717) is 36.2 Å². The van der Waals surface area contributed by atoms with Gasteiger partial charge < -0.3 is 10.3 Å². The molecule has 4 rings (SSSR count). The molecule has 2 N–H and O–H groups in total. The van der Waals surface area contributed by atoms with E-state index < -0.39 is 16.1 Å². The normalized spacial score (nSPS) is 17.9. The highest BCUT2D eigenvalue weighted by Crippen LogP contribution is 2.39. The monoisotopic (exact) mass is 402 g/mol. The number of imidazole rings is 1. The molecule has 0 saturated carbocycles. The Bertz CT molecular complexity index is 1110. The van der Waals surface area contributed by atoms with Gasteiger partial charge in [-0.15, -0.1) is 0 Å². The highest BCUT2D eigenvalue weighted by atomic mass is 32.2. The molecular weight excluding hydrogens is 383 g/mol. The summed E-state index contributed by atoms with van der Waals surface area (Å²) in [6.45, 7) is 0.357. The minimum absolute atomic E-state index is 0.00717. The summed E-state index contributed by atoms with van der Waals surface area (Å²) in [5.41, 5.74) is 7.63. The molecule has 1 aromatic carbocycles. The maximum atomic E-state index is 13.3. The summed E-state index contributed by atoms with van der Waals surface area (Å²) in [4.78, 5) is 12.4. The number of rotatable bonds is 4. The summed E-state index contributed by atoms with van der Waals surface area (Å²) >= 11 is 0. The zero-order valence-electron chi connectivity index (χ0n) is 15.2. The SMILES string of the molecule is Cn1cnc(S(=O)(=O)N2CCC[C@@H]2c2nc(N)ncc2-c2ccc(F)cc2)c1. The van der Waals surface area contributed by atoms with Gasteiger partial charge in [-0.1, -0.05) is 12.1 Å². The average molecular weight is 402 g/mol. The third-order valence-corrected chi connectivity index (χ3v) is 6.56. The predicted octanol–water partition coefficient (Wildman–Crippen LogP) is 2.12. The molecule has 28 heavy (non-hydrogen) atoms. The van der Waals surface area contributed by atoms with Crippen LogP contribution >= 0.6 is 0 Å². The summed E-state index contributed by atoms with van der Waals surface area (Å²) in [5.74, 6) is -0.301. The van der Waals surface area contributed by atoms with Crippen molar-refractivity contribution in [3.63, 3.8) is 0 Å². The smallest absolute Gasteiger partial charge is 0.262 e. The number of halogens is 1. The Labute approximate surface area is 161 Å². The maximum Gasteiger partial charge on any atom is 0.262 e. The minimum atomic E-state index is -3.79. The molecule has 8 nitrogen and oxygen atoms in total. The third kappa shape index (κ3) is 3.25. The van der Waals surface area contributed by atoms with Crippen molar-refractivity contribution in [1.82, 2.24) is 23.8 Å². The zero-order chi connectivity index (χ0) is 19.9. The molecule has 3 heterocycles. The molecule has 0 bridgehead atoms. The number of hydrogen-bond acceptors (Lipinski definition) is 6. The zero-order valence-corrected chi connectivity index (χ0v) is 16.0. The van der Waals surface area contributed by atoms with Gasteiger partial charge in [0.2, 0.25) is 5.95 Å².